The van der Waals surface area contributed by atoms with E-state index in [1.165, 1.54) is 10.8 Å². The zero-order valence-electron chi connectivity index (χ0n) is 11.2. The van der Waals surface area contributed by atoms with E-state index in [4.69, 9.17) is 9.97 Å². The minimum absolute atomic E-state index is 0.847. The van der Waals surface area contributed by atoms with Gasteiger partial charge in [-0.1, -0.05) is 42.5 Å². The molecule has 0 aliphatic carbocycles. The maximum absolute atomic E-state index is 4.82. The third-order valence-corrected chi connectivity index (χ3v) is 3.99. The van der Waals surface area contributed by atoms with Gasteiger partial charge in [0.05, 0.1) is 11.0 Å². The van der Waals surface area contributed by atoms with E-state index in [2.05, 4.69) is 41.4 Å². The number of nitrogens with one attached hydrogen (secondary N) is 1. The molecular formula is C18H11N3. The van der Waals surface area contributed by atoms with Gasteiger partial charge >= 0.3 is 0 Å². The molecular weight excluding hydrogens is 258 g/mol. The van der Waals surface area contributed by atoms with Gasteiger partial charge in [0.1, 0.15) is 5.52 Å². The maximum Gasteiger partial charge on any atom is 0.157 e. The van der Waals surface area contributed by atoms with Crippen molar-refractivity contribution in [2.75, 3.05) is 0 Å². The van der Waals surface area contributed by atoms with Crippen molar-refractivity contribution >= 4 is 43.9 Å². The number of aromatic nitrogens is 3. The highest BCUT2D eigenvalue weighted by Gasteiger charge is 2.11. The monoisotopic (exact) mass is 269 g/mol. The number of hydrogen-bond donors (Lipinski definition) is 1. The van der Waals surface area contributed by atoms with Gasteiger partial charge in [-0.3, -0.25) is 0 Å². The Labute approximate surface area is 120 Å². The van der Waals surface area contributed by atoms with E-state index >= 15 is 0 Å². The van der Waals surface area contributed by atoms with Crippen LogP contribution in [0.3, 0.4) is 0 Å². The lowest BCUT2D eigenvalue weighted by Gasteiger charge is -2.00. The summed E-state index contributed by atoms with van der Waals surface area (Å²) in [5.41, 5.74) is 4.72. The molecule has 3 nitrogen and oxygen atoms in total. The molecule has 0 saturated heterocycles. The van der Waals surface area contributed by atoms with Gasteiger partial charge in [-0.15, -0.1) is 0 Å². The first-order valence-corrected chi connectivity index (χ1v) is 6.96. The highest BCUT2D eigenvalue weighted by atomic mass is 14.9. The summed E-state index contributed by atoms with van der Waals surface area (Å²) < 4.78 is 0. The molecule has 0 spiro atoms. The Balaban J connectivity index is 2.08. The number of H-pyrrole nitrogens is 1. The molecule has 3 heteroatoms. The van der Waals surface area contributed by atoms with Gasteiger partial charge in [-0.2, -0.15) is 0 Å². The molecule has 0 saturated carbocycles. The predicted octanol–water partition coefficient (Wildman–Crippen LogP) is 4.42. The second-order valence-corrected chi connectivity index (χ2v) is 5.24. The summed E-state index contributed by atoms with van der Waals surface area (Å²) in [6.45, 7) is 0. The zero-order chi connectivity index (χ0) is 13.8. The molecule has 3 aromatic carbocycles. The molecule has 1 N–H and O–H groups in total. The van der Waals surface area contributed by atoms with Crippen molar-refractivity contribution in [3.05, 3.63) is 60.7 Å². The first-order chi connectivity index (χ1) is 10.4. The number of para-hydroxylation sites is 2. The minimum atomic E-state index is 0.847. The van der Waals surface area contributed by atoms with Crippen molar-refractivity contribution in [2.24, 2.45) is 0 Å². The highest BCUT2D eigenvalue weighted by Crippen LogP contribution is 2.31. The third kappa shape index (κ3) is 1.43. The van der Waals surface area contributed by atoms with Crippen molar-refractivity contribution in [2.45, 2.75) is 0 Å². The standard InChI is InChI=1S/C18H11N3/c1-2-6-12-11(5-1)9-10-15-16(12)17-18(21-15)20-14-8-4-3-7-13(14)19-17/h1-10H,(H,20,21). The maximum atomic E-state index is 4.82. The number of rotatable bonds is 0. The molecule has 21 heavy (non-hydrogen) atoms. The van der Waals surface area contributed by atoms with E-state index in [0.29, 0.717) is 0 Å². The Bertz CT molecular complexity index is 1140. The molecule has 5 rings (SSSR count). The van der Waals surface area contributed by atoms with Gasteiger partial charge in [0, 0.05) is 10.9 Å². The normalized spacial score (nSPS) is 11.8. The summed E-state index contributed by atoms with van der Waals surface area (Å²) in [6, 6.07) is 20.6. The van der Waals surface area contributed by atoms with Gasteiger partial charge in [0.15, 0.2) is 5.65 Å². The van der Waals surface area contributed by atoms with Gasteiger partial charge in [0.2, 0.25) is 0 Å². The van der Waals surface area contributed by atoms with Crippen LogP contribution in [0.25, 0.3) is 43.9 Å². The zero-order valence-corrected chi connectivity index (χ0v) is 11.2. The van der Waals surface area contributed by atoms with E-state index in [1.807, 2.05) is 24.3 Å². The molecule has 0 radical (unpaired) electrons. The highest BCUT2D eigenvalue weighted by molar-refractivity contribution is 6.18. The molecule has 2 aromatic heterocycles. The summed E-state index contributed by atoms with van der Waals surface area (Å²) in [5, 5.41) is 3.59. The quantitative estimate of drug-likeness (QED) is 0.452. The van der Waals surface area contributed by atoms with Crippen LogP contribution in [0.2, 0.25) is 0 Å². The Morgan fingerprint density at radius 1 is 0.714 bits per heavy atom. The second-order valence-electron chi connectivity index (χ2n) is 5.24. The number of fused-ring (bicyclic) bond motifs is 6. The first-order valence-electron chi connectivity index (χ1n) is 6.96. The number of hydrogen-bond acceptors (Lipinski definition) is 2. The van der Waals surface area contributed by atoms with Crippen LogP contribution < -0.4 is 0 Å². The molecule has 0 unspecified atom stereocenters. The van der Waals surface area contributed by atoms with E-state index in [0.717, 1.165) is 33.1 Å². The smallest absolute Gasteiger partial charge is 0.157 e. The molecule has 0 aliphatic rings. The Kier molecular flexibility index (Phi) is 1.95. The molecule has 0 aliphatic heterocycles. The van der Waals surface area contributed by atoms with Gasteiger partial charge in [-0.25, -0.2) is 9.97 Å². The molecule has 0 amide bonds. The fourth-order valence-corrected chi connectivity index (χ4v) is 3.02. The van der Waals surface area contributed by atoms with Crippen LogP contribution in [0.5, 0.6) is 0 Å². The predicted molar refractivity (Wildman–Crippen MR) is 86.4 cm³/mol. The lowest BCUT2D eigenvalue weighted by Crippen LogP contribution is -1.84. The molecule has 5 aromatic rings. The third-order valence-electron chi connectivity index (χ3n) is 3.99. The van der Waals surface area contributed by atoms with Crippen molar-refractivity contribution < 1.29 is 0 Å². The topological polar surface area (TPSA) is 41.6 Å². The van der Waals surface area contributed by atoms with Crippen LogP contribution in [-0.4, -0.2) is 15.0 Å². The fourth-order valence-electron chi connectivity index (χ4n) is 3.02. The SMILES string of the molecule is c1ccc2c(c1)ccc1[nH]c3nc4ccccc4nc3c12. The van der Waals surface area contributed by atoms with E-state index in [-0.39, 0.29) is 0 Å². The summed E-state index contributed by atoms with van der Waals surface area (Å²) >= 11 is 0. The second kappa shape index (κ2) is 3.79. The van der Waals surface area contributed by atoms with Crippen molar-refractivity contribution in [3.63, 3.8) is 0 Å². The fraction of sp³-hybridized carbons (Fsp3) is 0. The van der Waals surface area contributed by atoms with Gasteiger partial charge in [0.25, 0.3) is 0 Å². The average Bonchev–Trinajstić information content (AvgIpc) is 2.90. The van der Waals surface area contributed by atoms with E-state index in [1.54, 1.807) is 0 Å². The number of nitrogens with zero attached hydrogens (tertiary/aromatic N) is 2. The van der Waals surface area contributed by atoms with Gasteiger partial charge < -0.3 is 4.98 Å². The lowest BCUT2D eigenvalue weighted by molar-refractivity contribution is 1.36. The van der Waals surface area contributed by atoms with E-state index < -0.39 is 0 Å². The summed E-state index contributed by atoms with van der Waals surface area (Å²) in [5.74, 6) is 0. The number of benzene rings is 3. The molecule has 98 valence electrons. The van der Waals surface area contributed by atoms with Crippen LogP contribution in [0.15, 0.2) is 60.7 Å². The summed E-state index contributed by atoms with van der Waals surface area (Å²) in [7, 11) is 0. The van der Waals surface area contributed by atoms with Crippen LogP contribution >= 0.6 is 0 Å². The summed E-state index contributed by atoms with van der Waals surface area (Å²) in [4.78, 5) is 12.9. The van der Waals surface area contributed by atoms with Crippen molar-refractivity contribution in [1.29, 1.82) is 0 Å². The molecule has 2 heterocycles. The minimum Gasteiger partial charge on any atom is -0.338 e. The molecule has 0 fully saturated rings. The van der Waals surface area contributed by atoms with Crippen LogP contribution in [-0.2, 0) is 0 Å². The summed E-state index contributed by atoms with van der Waals surface area (Å²) in [6.07, 6.45) is 0. The Hall–Kier alpha value is -2.94. The van der Waals surface area contributed by atoms with E-state index in [9.17, 15) is 0 Å². The van der Waals surface area contributed by atoms with Crippen molar-refractivity contribution in [3.8, 4) is 0 Å². The average molecular weight is 269 g/mol. The Morgan fingerprint density at radius 2 is 1.48 bits per heavy atom. The largest absolute Gasteiger partial charge is 0.338 e. The Morgan fingerprint density at radius 3 is 2.38 bits per heavy atom. The lowest BCUT2D eigenvalue weighted by atomic mass is 10.1. The van der Waals surface area contributed by atoms with Crippen molar-refractivity contribution in [1.82, 2.24) is 15.0 Å². The van der Waals surface area contributed by atoms with Gasteiger partial charge in [-0.05, 0) is 29.0 Å². The van der Waals surface area contributed by atoms with Crippen LogP contribution in [0.1, 0.15) is 0 Å². The van der Waals surface area contributed by atoms with Crippen LogP contribution in [0, 0.1) is 0 Å². The first kappa shape index (κ1) is 10.8. The molecule has 0 atom stereocenters. The number of aromatic amines is 1. The molecule has 0 bridgehead atoms. The van der Waals surface area contributed by atoms with Crippen LogP contribution in [0.4, 0.5) is 0 Å².